The monoisotopic (exact) mass is 374 g/mol. The van der Waals surface area contributed by atoms with E-state index >= 15 is 0 Å². The molecule has 136 valence electrons. The lowest BCUT2D eigenvalue weighted by molar-refractivity contribution is -0.384. The van der Waals surface area contributed by atoms with Gasteiger partial charge in [0, 0.05) is 22.7 Å². The van der Waals surface area contributed by atoms with Gasteiger partial charge in [-0.1, -0.05) is 12.1 Å². The van der Waals surface area contributed by atoms with Crippen LogP contribution in [-0.2, 0) is 14.3 Å². The average molecular weight is 374 g/mol. The smallest absolute Gasteiger partial charge is 0.316 e. The second kappa shape index (κ2) is 9.00. The highest BCUT2D eigenvalue weighted by atomic mass is 32.2. The fraction of sp³-hybridized carbons (Fsp3) is 0.222. The Morgan fingerprint density at radius 3 is 2.50 bits per heavy atom. The normalized spacial score (nSPS) is 10.2. The van der Waals surface area contributed by atoms with E-state index in [1.54, 1.807) is 18.2 Å². The van der Waals surface area contributed by atoms with E-state index in [4.69, 9.17) is 4.74 Å². The molecule has 0 atom stereocenters. The Morgan fingerprint density at radius 2 is 1.85 bits per heavy atom. The summed E-state index contributed by atoms with van der Waals surface area (Å²) in [5.41, 5.74) is 2.69. The summed E-state index contributed by atoms with van der Waals surface area (Å²) < 4.78 is 4.95. The minimum atomic E-state index is -0.538. The van der Waals surface area contributed by atoms with Crippen molar-refractivity contribution in [2.24, 2.45) is 0 Å². The SMILES string of the molecule is Cc1cccc(NC(=O)COC(=O)CSc2ccc([N+](=O)[O-])cc2)c1C. The number of nitro benzene ring substituents is 1. The van der Waals surface area contributed by atoms with Crippen molar-refractivity contribution >= 4 is 35.0 Å². The summed E-state index contributed by atoms with van der Waals surface area (Å²) in [6.45, 7) is 3.48. The van der Waals surface area contributed by atoms with Gasteiger partial charge in [-0.3, -0.25) is 19.7 Å². The molecule has 0 aliphatic heterocycles. The van der Waals surface area contributed by atoms with Gasteiger partial charge >= 0.3 is 5.97 Å². The van der Waals surface area contributed by atoms with Gasteiger partial charge in [-0.25, -0.2) is 0 Å². The van der Waals surface area contributed by atoms with E-state index in [1.807, 2.05) is 26.0 Å². The highest BCUT2D eigenvalue weighted by Gasteiger charge is 2.11. The van der Waals surface area contributed by atoms with Crippen molar-refractivity contribution in [1.29, 1.82) is 0 Å². The molecule has 0 heterocycles. The Morgan fingerprint density at radius 1 is 1.15 bits per heavy atom. The average Bonchev–Trinajstić information content (AvgIpc) is 2.62. The quantitative estimate of drug-likeness (QED) is 0.345. The Kier molecular flexibility index (Phi) is 6.74. The molecule has 1 N–H and O–H groups in total. The summed E-state index contributed by atoms with van der Waals surface area (Å²) in [6.07, 6.45) is 0. The number of thioether (sulfide) groups is 1. The number of hydrogen-bond acceptors (Lipinski definition) is 6. The number of amides is 1. The van der Waals surface area contributed by atoms with E-state index in [0.717, 1.165) is 11.1 Å². The number of benzene rings is 2. The van der Waals surface area contributed by atoms with Crippen molar-refractivity contribution in [2.75, 3.05) is 17.7 Å². The van der Waals surface area contributed by atoms with E-state index in [9.17, 15) is 19.7 Å². The molecule has 0 bridgehead atoms. The van der Waals surface area contributed by atoms with Gasteiger partial charge in [0.15, 0.2) is 6.61 Å². The third-order valence-corrected chi connectivity index (χ3v) is 4.63. The molecule has 0 aliphatic carbocycles. The highest BCUT2D eigenvalue weighted by molar-refractivity contribution is 8.00. The molecule has 0 unspecified atom stereocenters. The van der Waals surface area contributed by atoms with E-state index in [0.29, 0.717) is 10.6 Å². The lowest BCUT2D eigenvalue weighted by atomic mass is 10.1. The Bertz CT molecular complexity index is 821. The van der Waals surface area contributed by atoms with E-state index in [1.165, 1.54) is 23.9 Å². The van der Waals surface area contributed by atoms with Crippen LogP contribution in [0.2, 0.25) is 0 Å². The number of nitrogens with one attached hydrogen (secondary N) is 1. The number of nitrogens with zero attached hydrogens (tertiary/aromatic N) is 1. The molecule has 2 rings (SSSR count). The summed E-state index contributed by atoms with van der Waals surface area (Å²) in [4.78, 5) is 34.4. The number of carbonyl (C=O) groups is 2. The summed E-state index contributed by atoms with van der Waals surface area (Å²) in [7, 11) is 0. The van der Waals surface area contributed by atoms with Crippen molar-refractivity contribution in [3.05, 3.63) is 63.7 Å². The summed E-state index contributed by atoms with van der Waals surface area (Å²) in [5, 5.41) is 13.3. The van der Waals surface area contributed by atoms with Crippen LogP contribution in [0.5, 0.6) is 0 Å². The van der Waals surface area contributed by atoms with Crippen LogP contribution >= 0.6 is 11.8 Å². The molecule has 0 radical (unpaired) electrons. The largest absolute Gasteiger partial charge is 0.455 e. The van der Waals surface area contributed by atoms with E-state index in [2.05, 4.69) is 5.32 Å². The minimum Gasteiger partial charge on any atom is -0.455 e. The van der Waals surface area contributed by atoms with Gasteiger partial charge in [-0.15, -0.1) is 11.8 Å². The molecular weight excluding hydrogens is 356 g/mol. The third-order valence-electron chi connectivity index (χ3n) is 3.65. The van der Waals surface area contributed by atoms with Crippen LogP contribution < -0.4 is 5.32 Å². The molecule has 26 heavy (non-hydrogen) atoms. The molecule has 0 aliphatic rings. The minimum absolute atomic E-state index is 0.00850. The van der Waals surface area contributed by atoms with Crippen LogP contribution in [0.25, 0.3) is 0 Å². The maximum Gasteiger partial charge on any atom is 0.316 e. The van der Waals surface area contributed by atoms with Crippen LogP contribution in [0.4, 0.5) is 11.4 Å². The van der Waals surface area contributed by atoms with E-state index in [-0.39, 0.29) is 18.0 Å². The van der Waals surface area contributed by atoms with Crippen LogP contribution in [0, 0.1) is 24.0 Å². The lowest BCUT2D eigenvalue weighted by Gasteiger charge is -2.10. The first-order chi connectivity index (χ1) is 12.4. The molecule has 0 aromatic heterocycles. The van der Waals surface area contributed by atoms with Gasteiger partial charge in [0.2, 0.25) is 0 Å². The van der Waals surface area contributed by atoms with Crippen LogP contribution in [0.15, 0.2) is 47.4 Å². The Hall–Kier alpha value is -2.87. The summed E-state index contributed by atoms with van der Waals surface area (Å²) in [5.74, 6) is -0.939. The number of aryl methyl sites for hydroxylation is 1. The van der Waals surface area contributed by atoms with Gasteiger partial charge in [0.05, 0.1) is 10.7 Å². The zero-order chi connectivity index (χ0) is 19.1. The standard InChI is InChI=1S/C18H18N2O5S/c1-12-4-3-5-16(13(12)2)19-17(21)10-25-18(22)11-26-15-8-6-14(7-9-15)20(23)24/h3-9H,10-11H2,1-2H3,(H,19,21). The molecule has 0 fully saturated rings. The molecule has 1 amide bonds. The van der Waals surface area contributed by atoms with Crippen LogP contribution in [0.1, 0.15) is 11.1 Å². The molecular formula is C18H18N2O5S. The molecule has 0 saturated carbocycles. The first kappa shape index (κ1) is 19.5. The first-order valence-corrected chi connectivity index (χ1v) is 8.74. The van der Waals surface area contributed by atoms with E-state index < -0.39 is 16.8 Å². The topological polar surface area (TPSA) is 98.5 Å². The van der Waals surface area contributed by atoms with Gasteiger partial charge in [0.25, 0.3) is 11.6 Å². The van der Waals surface area contributed by atoms with Gasteiger partial charge in [-0.05, 0) is 43.2 Å². The van der Waals surface area contributed by atoms with Gasteiger partial charge in [0.1, 0.15) is 0 Å². The maximum atomic E-state index is 11.9. The predicted molar refractivity (Wildman–Crippen MR) is 99.3 cm³/mol. The number of non-ortho nitro benzene ring substituents is 1. The highest BCUT2D eigenvalue weighted by Crippen LogP contribution is 2.21. The van der Waals surface area contributed by atoms with Crippen molar-refractivity contribution in [1.82, 2.24) is 0 Å². The van der Waals surface area contributed by atoms with Gasteiger partial charge in [-0.2, -0.15) is 0 Å². The predicted octanol–water partition coefficient (Wildman–Crippen LogP) is 3.49. The molecule has 0 spiro atoms. The molecule has 0 saturated heterocycles. The molecule has 8 heteroatoms. The number of anilines is 1. The summed E-state index contributed by atoms with van der Waals surface area (Å²) in [6, 6.07) is 11.4. The van der Waals surface area contributed by atoms with Crippen molar-refractivity contribution in [3.8, 4) is 0 Å². The second-order valence-corrected chi connectivity index (χ2v) is 6.54. The number of ether oxygens (including phenoxy) is 1. The zero-order valence-electron chi connectivity index (χ0n) is 14.4. The van der Waals surface area contributed by atoms with Crippen molar-refractivity contribution < 1.29 is 19.2 Å². The fourth-order valence-electron chi connectivity index (χ4n) is 2.07. The van der Waals surface area contributed by atoms with Crippen molar-refractivity contribution in [2.45, 2.75) is 18.7 Å². The summed E-state index contributed by atoms with van der Waals surface area (Å²) >= 11 is 1.18. The zero-order valence-corrected chi connectivity index (χ0v) is 15.2. The molecule has 7 nitrogen and oxygen atoms in total. The number of esters is 1. The lowest BCUT2D eigenvalue weighted by Crippen LogP contribution is -2.22. The fourth-order valence-corrected chi connectivity index (χ4v) is 2.76. The molecule has 2 aromatic rings. The maximum absolute atomic E-state index is 11.9. The van der Waals surface area contributed by atoms with Gasteiger partial charge < -0.3 is 10.1 Å². The number of hydrogen-bond donors (Lipinski definition) is 1. The Labute approximate surface area is 154 Å². The Balaban J connectivity index is 1.76. The number of carbonyl (C=O) groups excluding carboxylic acids is 2. The number of rotatable bonds is 7. The molecule has 2 aromatic carbocycles. The second-order valence-electron chi connectivity index (χ2n) is 5.50. The van der Waals surface area contributed by atoms with Crippen LogP contribution in [-0.4, -0.2) is 29.2 Å². The number of nitro groups is 1. The van der Waals surface area contributed by atoms with Crippen molar-refractivity contribution in [3.63, 3.8) is 0 Å². The van der Waals surface area contributed by atoms with Crippen LogP contribution in [0.3, 0.4) is 0 Å². The third kappa shape index (κ3) is 5.59. The first-order valence-electron chi connectivity index (χ1n) is 7.76.